The maximum Gasteiger partial charge on any atom is 0.401 e. The maximum absolute atomic E-state index is 12.2. The molecule has 1 aromatic carbocycles. The molecule has 0 radical (unpaired) electrons. The minimum absolute atomic E-state index is 0.386. The smallest absolute Gasteiger partial charge is 0.356 e. The van der Waals surface area contributed by atoms with Gasteiger partial charge in [-0.1, -0.05) is 30.3 Å². The van der Waals surface area contributed by atoms with Gasteiger partial charge < -0.3 is 10.6 Å². The van der Waals surface area contributed by atoms with E-state index in [-0.39, 0.29) is 0 Å². The molecule has 136 valence electrons. The number of aliphatic imine (C=N–C) groups is 1. The Morgan fingerprint density at radius 1 is 1.08 bits per heavy atom. The first-order chi connectivity index (χ1) is 11.4. The van der Waals surface area contributed by atoms with Crippen molar-refractivity contribution in [3.05, 3.63) is 35.9 Å². The second kappa shape index (κ2) is 10.9. The van der Waals surface area contributed by atoms with E-state index < -0.39 is 12.7 Å². The molecule has 0 spiro atoms. The summed E-state index contributed by atoms with van der Waals surface area (Å²) in [6.45, 7) is 0.889. The van der Waals surface area contributed by atoms with Crippen molar-refractivity contribution in [3.63, 3.8) is 0 Å². The van der Waals surface area contributed by atoms with Crippen LogP contribution < -0.4 is 10.6 Å². The standard InChI is InChI=1S/C17H27F3N4/c1-21-16(22-11-6-10-15-8-4-3-5-9-15)23-12-7-13-24(2)14-17(18,19)20/h3-5,8-9H,6-7,10-14H2,1-2H3,(H2,21,22,23). The van der Waals surface area contributed by atoms with Gasteiger partial charge in [-0.05, 0) is 38.4 Å². The van der Waals surface area contributed by atoms with E-state index in [9.17, 15) is 13.2 Å². The van der Waals surface area contributed by atoms with E-state index in [0.717, 1.165) is 19.4 Å². The van der Waals surface area contributed by atoms with Crippen LogP contribution in [-0.2, 0) is 6.42 Å². The number of benzene rings is 1. The van der Waals surface area contributed by atoms with E-state index in [4.69, 9.17) is 0 Å². The number of hydrogen-bond donors (Lipinski definition) is 2. The summed E-state index contributed by atoms with van der Waals surface area (Å²) in [5.41, 5.74) is 1.30. The van der Waals surface area contributed by atoms with Gasteiger partial charge in [0, 0.05) is 20.1 Å². The Kier molecular flexibility index (Phi) is 9.22. The number of aryl methyl sites for hydroxylation is 1. The molecule has 0 fully saturated rings. The molecule has 0 aliphatic rings. The van der Waals surface area contributed by atoms with Crippen molar-refractivity contribution in [1.29, 1.82) is 0 Å². The molecule has 0 saturated carbocycles. The summed E-state index contributed by atoms with van der Waals surface area (Å²) < 4.78 is 36.6. The molecule has 0 unspecified atom stereocenters. The van der Waals surface area contributed by atoms with Crippen LogP contribution in [0.2, 0.25) is 0 Å². The molecule has 0 bridgehead atoms. The van der Waals surface area contributed by atoms with Crippen molar-refractivity contribution >= 4 is 5.96 Å². The first-order valence-electron chi connectivity index (χ1n) is 8.14. The zero-order valence-electron chi connectivity index (χ0n) is 14.4. The average molecular weight is 344 g/mol. The number of alkyl halides is 3. The molecule has 0 saturated heterocycles. The molecule has 0 aromatic heterocycles. The monoisotopic (exact) mass is 344 g/mol. The highest BCUT2D eigenvalue weighted by Crippen LogP contribution is 2.15. The third-order valence-corrected chi connectivity index (χ3v) is 3.46. The van der Waals surface area contributed by atoms with Crippen LogP contribution in [0.15, 0.2) is 35.3 Å². The number of nitrogens with one attached hydrogen (secondary N) is 2. The predicted octanol–water partition coefficient (Wildman–Crippen LogP) is 2.67. The number of hydrogen-bond acceptors (Lipinski definition) is 2. The van der Waals surface area contributed by atoms with Crippen molar-refractivity contribution in [3.8, 4) is 0 Å². The highest BCUT2D eigenvalue weighted by atomic mass is 19.4. The lowest BCUT2D eigenvalue weighted by atomic mass is 10.1. The van der Waals surface area contributed by atoms with E-state index in [1.165, 1.54) is 17.5 Å². The fourth-order valence-corrected chi connectivity index (χ4v) is 2.31. The fraction of sp³-hybridized carbons (Fsp3) is 0.588. The van der Waals surface area contributed by atoms with E-state index in [2.05, 4.69) is 27.8 Å². The SMILES string of the molecule is CN=C(NCCCc1ccccc1)NCCCN(C)CC(F)(F)F. The second-order valence-electron chi connectivity index (χ2n) is 5.72. The second-order valence-corrected chi connectivity index (χ2v) is 5.72. The largest absolute Gasteiger partial charge is 0.401 e. The first-order valence-corrected chi connectivity index (χ1v) is 8.14. The summed E-state index contributed by atoms with van der Waals surface area (Å²) in [6, 6.07) is 10.3. The van der Waals surface area contributed by atoms with Crippen molar-refractivity contribution in [1.82, 2.24) is 15.5 Å². The molecule has 1 rings (SSSR count). The average Bonchev–Trinajstić information content (AvgIpc) is 2.52. The van der Waals surface area contributed by atoms with Gasteiger partial charge in [-0.25, -0.2) is 0 Å². The van der Waals surface area contributed by atoms with E-state index in [0.29, 0.717) is 25.5 Å². The molecule has 2 N–H and O–H groups in total. The summed E-state index contributed by atoms with van der Waals surface area (Å²) in [6.07, 6.45) is -1.54. The summed E-state index contributed by atoms with van der Waals surface area (Å²) in [4.78, 5) is 5.39. The predicted molar refractivity (Wildman–Crippen MR) is 92.3 cm³/mol. The number of rotatable bonds is 9. The number of halogens is 3. The molecular weight excluding hydrogens is 317 g/mol. The first kappa shape index (κ1) is 20.3. The van der Waals surface area contributed by atoms with Crippen molar-refractivity contribution in [2.45, 2.75) is 25.4 Å². The van der Waals surface area contributed by atoms with Crippen LogP contribution in [0, 0.1) is 0 Å². The minimum Gasteiger partial charge on any atom is -0.356 e. The van der Waals surface area contributed by atoms with Crippen LogP contribution in [0.5, 0.6) is 0 Å². The van der Waals surface area contributed by atoms with Crippen molar-refractivity contribution < 1.29 is 13.2 Å². The Bertz CT molecular complexity index is 474. The lowest BCUT2D eigenvalue weighted by Crippen LogP contribution is -2.39. The number of nitrogens with zero attached hydrogens (tertiary/aromatic N) is 2. The fourth-order valence-electron chi connectivity index (χ4n) is 2.31. The zero-order valence-corrected chi connectivity index (χ0v) is 14.4. The van der Waals surface area contributed by atoms with Gasteiger partial charge in [0.25, 0.3) is 0 Å². The molecule has 0 heterocycles. The topological polar surface area (TPSA) is 39.7 Å². The molecule has 4 nitrogen and oxygen atoms in total. The number of guanidine groups is 1. The van der Waals surface area contributed by atoms with Crippen molar-refractivity contribution in [2.75, 3.05) is 40.3 Å². The van der Waals surface area contributed by atoms with Crippen LogP contribution >= 0.6 is 0 Å². The molecule has 7 heteroatoms. The van der Waals surface area contributed by atoms with Gasteiger partial charge in [-0.15, -0.1) is 0 Å². The molecule has 0 aliphatic carbocycles. The highest BCUT2D eigenvalue weighted by molar-refractivity contribution is 5.79. The van der Waals surface area contributed by atoms with Gasteiger partial charge in [0.1, 0.15) is 0 Å². The van der Waals surface area contributed by atoms with Gasteiger partial charge in [0.2, 0.25) is 0 Å². The summed E-state index contributed by atoms with van der Waals surface area (Å²) in [7, 11) is 3.16. The van der Waals surface area contributed by atoms with E-state index >= 15 is 0 Å². The Labute approximate surface area is 142 Å². The van der Waals surface area contributed by atoms with Gasteiger partial charge >= 0.3 is 6.18 Å². The van der Waals surface area contributed by atoms with E-state index in [1.54, 1.807) is 7.05 Å². The lowest BCUT2D eigenvalue weighted by molar-refractivity contribution is -0.143. The third kappa shape index (κ3) is 10.1. The quantitative estimate of drug-likeness (QED) is 0.411. The lowest BCUT2D eigenvalue weighted by Gasteiger charge is -2.19. The Hall–Kier alpha value is -1.76. The third-order valence-electron chi connectivity index (χ3n) is 3.46. The summed E-state index contributed by atoms with van der Waals surface area (Å²) in [5.74, 6) is 0.682. The molecule has 0 aliphatic heterocycles. The van der Waals surface area contributed by atoms with Crippen LogP contribution in [0.3, 0.4) is 0 Å². The van der Waals surface area contributed by atoms with Crippen molar-refractivity contribution in [2.24, 2.45) is 4.99 Å². The molecular formula is C17H27F3N4. The van der Waals surface area contributed by atoms with Crippen LogP contribution in [-0.4, -0.2) is 57.3 Å². The Morgan fingerprint density at radius 3 is 2.29 bits per heavy atom. The molecule has 1 aromatic rings. The van der Waals surface area contributed by atoms with E-state index in [1.807, 2.05) is 18.2 Å². The van der Waals surface area contributed by atoms with Gasteiger partial charge in [0.15, 0.2) is 5.96 Å². The van der Waals surface area contributed by atoms with Gasteiger partial charge in [-0.2, -0.15) is 13.2 Å². The highest BCUT2D eigenvalue weighted by Gasteiger charge is 2.28. The van der Waals surface area contributed by atoms with Gasteiger partial charge in [-0.3, -0.25) is 9.89 Å². The Balaban J connectivity index is 2.10. The van der Waals surface area contributed by atoms with Crippen LogP contribution in [0.1, 0.15) is 18.4 Å². The molecule has 0 atom stereocenters. The minimum atomic E-state index is -4.14. The molecule has 0 amide bonds. The van der Waals surface area contributed by atoms with Crippen LogP contribution in [0.25, 0.3) is 0 Å². The maximum atomic E-state index is 12.2. The zero-order chi connectivity index (χ0) is 17.8. The Morgan fingerprint density at radius 2 is 1.71 bits per heavy atom. The normalized spacial score (nSPS) is 12.5. The summed E-state index contributed by atoms with van der Waals surface area (Å²) >= 11 is 0. The van der Waals surface area contributed by atoms with Crippen LogP contribution in [0.4, 0.5) is 13.2 Å². The summed E-state index contributed by atoms with van der Waals surface area (Å²) in [5, 5.41) is 6.33. The van der Waals surface area contributed by atoms with Gasteiger partial charge in [0.05, 0.1) is 6.54 Å². The molecule has 24 heavy (non-hydrogen) atoms.